The first-order valence-corrected chi connectivity index (χ1v) is 5.70. The number of ether oxygens (including phenoxy) is 3. The highest BCUT2D eigenvalue weighted by Gasteiger charge is 2.43. The topological polar surface area (TPSA) is 39.7 Å². The van der Waals surface area contributed by atoms with E-state index >= 15 is 0 Å². The van der Waals surface area contributed by atoms with Crippen molar-refractivity contribution >= 4 is 0 Å². The molecule has 2 rings (SSSR count). The SMILES string of the molecule is COC(OC)C1COC2(CCNCC2)C1. The molecule has 4 heteroatoms. The zero-order valence-corrected chi connectivity index (χ0v) is 9.62. The van der Waals surface area contributed by atoms with Crippen LogP contribution in [0.3, 0.4) is 0 Å². The first-order chi connectivity index (χ1) is 7.29. The van der Waals surface area contributed by atoms with E-state index in [9.17, 15) is 0 Å². The minimum Gasteiger partial charge on any atom is -0.374 e. The minimum absolute atomic E-state index is 0.102. The van der Waals surface area contributed by atoms with Crippen molar-refractivity contribution in [3.63, 3.8) is 0 Å². The van der Waals surface area contributed by atoms with Crippen LogP contribution in [0.4, 0.5) is 0 Å². The second kappa shape index (κ2) is 4.78. The molecule has 2 aliphatic rings. The summed E-state index contributed by atoms with van der Waals surface area (Å²) >= 11 is 0. The molecule has 2 heterocycles. The zero-order chi connectivity index (χ0) is 10.7. The summed E-state index contributed by atoms with van der Waals surface area (Å²) in [7, 11) is 3.39. The van der Waals surface area contributed by atoms with Crippen LogP contribution in [0.5, 0.6) is 0 Å². The second-order valence-electron chi connectivity index (χ2n) is 4.55. The molecule has 0 bridgehead atoms. The zero-order valence-electron chi connectivity index (χ0n) is 9.62. The molecule has 0 saturated carbocycles. The normalized spacial score (nSPS) is 30.2. The Bertz CT molecular complexity index is 200. The Kier molecular flexibility index (Phi) is 3.61. The van der Waals surface area contributed by atoms with Gasteiger partial charge in [-0.3, -0.25) is 0 Å². The van der Waals surface area contributed by atoms with Gasteiger partial charge in [0.1, 0.15) is 0 Å². The van der Waals surface area contributed by atoms with Crippen molar-refractivity contribution in [3.8, 4) is 0 Å². The molecule has 15 heavy (non-hydrogen) atoms. The van der Waals surface area contributed by atoms with Crippen molar-refractivity contribution < 1.29 is 14.2 Å². The lowest BCUT2D eigenvalue weighted by Gasteiger charge is -2.33. The van der Waals surface area contributed by atoms with Crippen LogP contribution in [-0.4, -0.2) is 45.8 Å². The fourth-order valence-corrected chi connectivity index (χ4v) is 2.77. The summed E-state index contributed by atoms with van der Waals surface area (Å²) in [5, 5.41) is 3.37. The maximum Gasteiger partial charge on any atom is 0.161 e. The van der Waals surface area contributed by atoms with Crippen LogP contribution < -0.4 is 5.32 Å². The van der Waals surface area contributed by atoms with E-state index in [1.54, 1.807) is 14.2 Å². The van der Waals surface area contributed by atoms with E-state index in [4.69, 9.17) is 14.2 Å². The highest BCUT2D eigenvalue weighted by molar-refractivity contribution is 4.93. The van der Waals surface area contributed by atoms with Gasteiger partial charge in [-0.15, -0.1) is 0 Å². The van der Waals surface area contributed by atoms with Crippen molar-refractivity contribution in [3.05, 3.63) is 0 Å². The van der Waals surface area contributed by atoms with Gasteiger partial charge in [0.25, 0.3) is 0 Å². The third-order valence-electron chi connectivity index (χ3n) is 3.60. The lowest BCUT2D eigenvalue weighted by molar-refractivity contribution is -0.136. The average Bonchev–Trinajstić information content (AvgIpc) is 2.65. The second-order valence-corrected chi connectivity index (χ2v) is 4.55. The van der Waals surface area contributed by atoms with Crippen molar-refractivity contribution in [2.45, 2.75) is 31.2 Å². The van der Waals surface area contributed by atoms with Gasteiger partial charge in [-0.2, -0.15) is 0 Å². The Balaban J connectivity index is 1.92. The van der Waals surface area contributed by atoms with E-state index in [0.717, 1.165) is 39.0 Å². The van der Waals surface area contributed by atoms with Crippen LogP contribution in [0.15, 0.2) is 0 Å². The summed E-state index contributed by atoms with van der Waals surface area (Å²) in [5.74, 6) is 0.387. The van der Waals surface area contributed by atoms with Crippen molar-refractivity contribution in [2.75, 3.05) is 33.9 Å². The van der Waals surface area contributed by atoms with Crippen molar-refractivity contribution in [1.29, 1.82) is 0 Å². The molecule has 2 saturated heterocycles. The Morgan fingerprint density at radius 2 is 1.93 bits per heavy atom. The maximum atomic E-state index is 5.98. The van der Waals surface area contributed by atoms with E-state index in [1.807, 2.05) is 0 Å². The van der Waals surface area contributed by atoms with E-state index < -0.39 is 0 Å². The molecule has 0 aromatic carbocycles. The summed E-state index contributed by atoms with van der Waals surface area (Å²) in [5.41, 5.74) is 0.102. The van der Waals surface area contributed by atoms with Gasteiger partial charge in [0.05, 0.1) is 12.2 Å². The van der Waals surface area contributed by atoms with Gasteiger partial charge in [-0.1, -0.05) is 0 Å². The van der Waals surface area contributed by atoms with Crippen LogP contribution in [0.25, 0.3) is 0 Å². The standard InChI is InChI=1S/C11H21NO3/c1-13-10(14-2)9-7-11(15-8-9)3-5-12-6-4-11/h9-10,12H,3-8H2,1-2H3. The summed E-state index contributed by atoms with van der Waals surface area (Å²) in [6, 6.07) is 0. The molecular formula is C11H21NO3. The fraction of sp³-hybridized carbons (Fsp3) is 1.00. The fourth-order valence-electron chi connectivity index (χ4n) is 2.77. The molecule has 1 unspecified atom stereocenters. The van der Waals surface area contributed by atoms with Gasteiger partial charge in [0.15, 0.2) is 6.29 Å². The third kappa shape index (κ3) is 2.33. The summed E-state index contributed by atoms with van der Waals surface area (Å²) in [4.78, 5) is 0. The maximum absolute atomic E-state index is 5.98. The van der Waals surface area contributed by atoms with Crippen LogP contribution in [0.2, 0.25) is 0 Å². The third-order valence-corrected chi connectivity index (χ3v) is 3.60. The number of rotatable bonds is 3. The van der Waals surface area contributed by atoms with Gasteiger partial charge < -0.3 is 19.5 Å². The lowest BCUT2D eigenvalue weighted by atomic mass is 9.86. The summed E-state index contributed by atoms with van der Waals surface area (Å²) < 4.78 is 16.6. The predicted octanol–water partition coefficient (Wildman–Crippen LogP) is 0.764. The molecule has 1 N–H and O–H groups in total. The molecule has 0 aromatic heterocycles. The summed E-state index contributed by atoms with van der Waals surface area (Å²) in [6.45, 7) is 2.90. The first-order valence-electron chi connectivity index (χ1n) is 5.70. The van der Waals surface area contributed by atoms with Crippen molar-refractivity contribution in [2.24, 2.45) is 5.92 Å². The van der Waals surface area contributed by atoms with E-state index in [-0.39, 0.29) is 11.9 Å². The molecule has 1 spiro atoms. The van der Waals surface area contributed by atoms with E-state index in [1.165, 1.54) is 0 Å². The number of hydrogen-bond acceptors (Lipinski definition) is 4. The largest absolute Gasteiger partial charge is 0.374 e. The van der Waals surface area contributed by atoms with Crippen LogP contribution in [-0.2, 0) is 14.2 Å². The molecule has 0 radical (unpaired) electrons. The van der Waals surface area contributed by atoms with Crippen molar-refractivity contribution in [1.82, 2.24) is 5.32 Å². The van der Waals surface area contributed by atoms with E-state index in [2.05, 4.69) is 5.32 Å². The predicted molar refractivity (Wildman–Crippen MR) is 56.7 cm³/mol. The van der Waals surface area contributed by atoms with Crippen LogP contribution >= 0.6 is 0 Å². The number of nitrogens with one attached hydrogen (secondary N) is 1. The first kappa shape index (κ1) is 11.3. The number of piperidine rings is 1. The molecule has 0 aliphatic carbocycles. The molecule has 2 fully saturated rings. The Morgan fingerprint density at radius 1 is 1.27 bits per heavy atom. The smallest absolute Gasteiger partial charge is 0.161 e. The van der Waals surface area contributed by atoms with Gasteiger partial charge >= 0.3 is 0 Å². The van der Waals surface area contributed by atoms with Gasteiger partial charge in [0.2, 0.25) is 0 Å². The molecule has 2 aliphatic heterocycles. The van der Waals surface area contributed by atoms with Gasteiger partial charge in [-0.25, -0.2) is 0 Å². The highest BCUT2D eigenvalue weighted by atomic mass is 16.7. The van der Waals surface area contributed by atoms with E-state index in [0.29, 0.717) is 5.92 Å². The summed E-state index contributed by atoms with van der Waals surface area (Å²) in [6.07, 6.45) is 3.19. The molecular weight excluding hydrogens is 194 g/mol. The lowest BCUT2D eigenvalue weighted by Crippen LogP contribution is -2.41. The average molecular weight is 215 g/mol. The molecule has 88 valence electrons. The van der Waals surface area contributed by atoms with Crippen LogP contribution in [0, 0.1) is 5.92 Å². The number of methoxy groups -OCH3 is 2. The van der Waals surface area contributed by atoms with Gasteiger partial charge in [-0.05, 0) is 32.4 Å². The monoisotopic (exact) mass is 215 g/mol. The molecule has 0 amide bonds. The number of hydrogen-bond donors (Lipinski definition) is 1. The Hall–Kier alpha value is -0.160. The Morgan fingerprint density at radius 3 is 2.53 bits per heavy atom. The molecule has 1 atom stereocenters. The van der Waals surface area contributed by atoms with Gasteiger partial charge in [0, 0.05) is 20.1 Å². The highest BCUT2D eigenvalue weighted by Crippen LogP contribution is 2.38. The van der Waals surface area contributed by atoms with Crippen LogP contribution in [0.1, 0.15) is 19.3 Å². The minimum atomic E-state index is -0.112. The molecule has 0 aromatic rings. The molecule has 4 nitrogen and oxygen atoms in total. The Labute approximate surface area is 91.3 Å². The quantitative estimate of drug-likeness (QED) is 0.706.